The van der Waals surface area contributed by atoms with Gasteiger partial charge in [-0.05, 0) is 25.5 Å². The van der Waals surface area contributed by atoms with Gasteiger partial charge in [0.05, 0.1) is 31.0 Å². The van der Waals surface area contributed by atoms with Crippen LogP contribution in [0.2, 0.25) is 0 Å². The van der Waals surface area contributed by atoms with Gasteiger partial charge in [-0.15, -0.1) is 0 Å². The summed E-state index contributed by atoms with van der Waals surface area (Å²) in [5.41, 5.74) is -1.49. The Labute approximate surface area is 221 Å². The molecule has 0 radical (unpaired) electrons. The first kappa shape index (κ1) is 26.5. The highest BCUT2D eigenvalue weighted by Crippen LogP contribution is 2.31. The van der Waals surface area contributed by atoms with Crippen LogP contribution in [0.15, 0.2) is 57.4 Å². The number of amides is 1. The Morgan fingerprint density at radius 2 is 1.95 bits per heavy atom. The number of rotatable bonds is 6. The van der Waals surface area contributed by atoms with Gasteiger partial charge in [0.25, 0.3) is 5.56 Å². The number of aromatic nitrogens is 8. The van der Waals surface area contributed by atoms with E-state index in [1.54, 1.807) is 0 Å². The number of aryl methyl sites for hydroxylation is 2. The number of carbonyl (C=O) groups is 1. The minimum Gasteiger partial charge on any atom is -0.364 e. The molecule has 40 heavy (non-hydrogen) atoms. The lowest BCUT2D eigenvalue weighted by Crippen LogP contribution is -2.40. The molecule has 0 fully saturated rings. The summed E-state index contributed by atoms with van der Waals surface area (Å²) in [6.45, 7) is 2.65. The van der Waals surface area contributed by atoms with Gasteiger partial charge in [0.1, 0.15) is 23.7 Å². The van der Waals surface area contributed by atoms with Gasteiger partial charge in [-0.1, -0.05) is 5.16 Å². The van der Waals surface area contributed by atoms with E-state index in [0.29, 0.717) is 5.69 Å². The molecule has 0 spiro atoms. The van der Waals surface area contributed by atoms with E-state index in [-0.39, 0.29) is 40.3 Å². The van der Waals surface area contributed by atoms with Crippen LogP contribution in [0.25, 0.3) is 22.4 Å². The Morgan fingerprint density at radius 3 is 2.62 bits per heavy atom. The maximum absolute atomic E-state index is 13.3. The second-order valence-electron chi connectivity index (χ2n) is 8.89. The van der Waals surface area contributed by atoms with Crippen molar-refractivity contribution in [2.24, 2.45) is 7.05 Å². The topological polar surface area (TPSA) is 156 Å². The quantitative estimate of drug-likeness (QED) is 0.332. The lowest BCUT2D eigenvalue weighted by molar-refractivity contribution is -0.141. The fraction of sp³-hybridized carbons (Fsp3) is 0.250. The van der Waals surface area contributed by atoms with Crippen molar-refractivity contribution in [1.29, 1.82) is 0 Å². The van der Waals surface area contributed by atoms with Crippen molar-refractivity contribution in [2.75, 3.05) is 5.32 Å². The summed E-state index contributed by atoms with van der Waals surface area (Å²) >= 11 is 0. The third-order valence-electron chi connectivity index (χ3n) is 6.19. The summed E-state index contributed by atoms with van der Waals surface area (Å²) in [6.07, 6.45) is 1.61. The molecule has 5 aromatic heterocycles. The lowest BCUT2D eigenvalue weighted by Gasteiger charge is -2.15. The summed E-state index contributed by atoms with van der Waals surface area (Å²) in [6, 6.07) is 1.80. The van der Waals surface area contributed by atoms with E-state index in [2.05, 4.69) is 30.4 Å². The van der Waals surface area contributed by atoms with Crippen molar-refractivity contribution >= 4 is 22.9 Å². The first-order valence-electron chi connectivity index (χ1n) is 11.7. The highest BCUT2D eigenvalue weighted by molar-refractivity contribution is 5.93. The fourth-order valence-corrected chi connectivity index (χ4v) is 4.14. The van der Waals surface area contributed by atoms with Crippen LogP contribution in [0.3, 0.4) is 0 Å². The van der Waals surface area contributed by atoms with E-state index in [1.807, 2.05) is 0 Å². The number of alkyl halides is 3. The largest absolute Gasteiger partial charge is 0.433 e. The normalized spacial score (nSPS) is 12.6. The Hall–Kier alpha value is -5.15. The lowest BCUT2D eigenvalue weighted by atomic mass is 10.1. The molecule has 0 aliphatic carbocycles. The van der Waals surface area contributed by atoms with E-state index in [1.165, 1.54) is 67.1 Å². The summed E-state index contributed by atoms with van der Waals surface area (Å²) < 4.78 is 47.4. The molecule has 0 saturated carbocycles. The Bertz CT molecular complexity index is 1860. The Balaban J connectivity index is 1.44. The van der Waals surface area contributed by atoms with Crippen LogP contribution in [-0.2, 0) is 24.6 Å². The van der Waals surface area contributed by atoms with Gasteiger partial charge in [0, 0.05) is 24.9 Å². The van der Waals surface area contributed by atoms with E-state index >= 15 is 0 Å². The third kappa shape index (κ3) is 4.74. The maximum atomic E-state index is 13.3. The zero-order chi connectivity index (χ0) is 28.8. The minimum absolute atomic E-state index is 0.0133. The molecule has 206 valence electrons. The molecule has 13 nitrogen and oxygen atoms in total. The highest BCUT2D eigenvalue weighted by atomic mass is 19.4. The standard InChI is InChI=1S/C24H20F3N9O4/c1-12-6-14(7-29-19(12)24(25,26)27)16-8-28-9-17(31-16)32-21(37)13(2)36-11-30-20-18(36)22(38)35(23(39)34(20)3)10-15-4-5-40-33-15/h4-9,11,13H,10H2,1-3H3,(H,31,32,37). The molecule has 5 heterocycles. The van der Waals surface area contributed by atoms with E-state index in [4.69, 9.17) is 4.52 Å². The zero-order valence-electron chi connectivity index (χ0n) is 21.2. The number of imidazole rings is 1. The molecule has 5 aromatic rings. The number of carbonyl (C=O) groups excluding carboxylic acids is 1. The van der Waals surface area contributed by atoms with Crippen molar-refractivity contribution in [2.45, 2.75) is 32.6 Å². The molecular weight excluding hydrogens is 535 g/mol. The molecule has 0 aromatic carbocycles. The van der Waals surface area contributed by atoms with E-state index in [0.717, 1.165) is 10.8 Å². The summed E-state index contributed by atoms with van der Waals surface area (Å²) in [7, 11) is 1.45. The number of nitrogens with zero attached hydrogens (tertiary/aromatic N) is 8. The van der Waals surface area contributed by atoms with Crippen LogP contribution < -0.4 is 16.6 Å². The van der Waals surface area contributed by atoms with Crippen molar-refractivity contribution in [3.63, 3.8) is 0 Å². The van der Waals surface area contributed by atoms with E-state index in [9.17, 15) is 27.6 Å². The number of pyridine rings is 1. The monoisotopic (exact) mass is 555 g/mol. The van der Waals surface area contributed by atoms with E-state index < -0.39 is 35.1 Å². The predicted molar refractivity (Wildman–Crippen MR) is 133 cm³/mol. The molecule has 0 saturated heterocycles. The fourth-order valence-electron chi connectivity index (χ4n) is 4.14. The zero-order valence-corrected chi connectivity index (χ0v) is 21.2. The number of fused-ring (bicyclic) bond motifs is 1. The second kappa shape index (κ2) is 9.87. The van der Waals surface area contributed by atoms with Crippen LogP contribution >= 0.6 is 0 Å². The average Bonchev–Trinajstić information content (AvgIpc) is 3.59. The predicted octanol–water partition coefficient (Wildman–Crippen LogP) is 2.31. The highest BCUT2D eigenvalue weighted by Gasteiger charge is 2.34. The van der Waals surface area contributed by atoms with Gasteiger partial charge in [-0.3, -0.25) is 28.7 Å². The van der Waals surface area contributed by atoms with Crippen LogP contribution in [0.1, 0.15) is 29.9 Å². The minimum atomic E-state index is -4.59. The van der Waals surface area contributed by atoms with Gasteiger partial charge in [-0.25, -0.2) is 14.8 Å². The molecule has 1 amide bonds. The molecule has 0 bridgehead atoms. The summed E-state index contributed by atoms with van der Waals surface area (Å²) in [4.78, 5) is 55.2. The first-order valence-corrected chi connectivity index (χ1v) is 11.7. The molecular formula is C24H20F3N9O4. The van der Waals surface area contributed by atoms with Gasteiger partial charge < -0.3 is 14.4 Å². The van der Waals surface area contributed by atoms with Crippen LogP contribution in [0.5, 0.6) is 0 Å². The number of halogens is 3. The van der Waals surface area contributed by atoms with Crippen LogP contribution in [-0.4, -0.2) is 44.7 Å². The number of nitrogens with one attached hydrogen (secondary N) is 1. The molecule has 1 atom stereocenters. The average molecular weight is 555 g/mol. The number of anilines is 1. The smallest absolute Gasteiger partial charge is 0.364 e. The van der Waals surface area contributed by atoms with Crippen molar-refractivity contribution in [3.05, 3.63) is 81.1 Å². The molecule has 5 rings (SSSR count). The number of hydrogen-bond donors (Lipinski definition) is 1. The summed E-state index contributed by atoms with van der Waals surface area (Å²) in [5.74, 6) is -0.573. The van der Waals surface area contributed by atoms with Crippen molar-refractivity contribution in [1.82, 2.24) is 38.8 Å². The Morgan fingerprint density at radius 1 is 1.18 bits per heavy atom. The third-order valence-corrected chi connectivity index (χ3v) is 6.19. The number of hydrogen-bond acceptors (Lipinski definition) is 9. The maximum Gasteiger partial charge on any atom is 0.433 e. The van der Waals surface area contributed by atoms with Gasteiger partial charge in [0.15, 0.2) is 17.0 Å². The Kier molecular flexibility index (Phi) is 6.53. The van der Waals surface area contributed by atoms with Crippen molar-refractivity contribution < 1.29 is 22.5 Å². The second-order valence-corrected chi connectivity index (χ2v) is 8.89. The SMILES string of the molecule is Cc1cc(-c2cncc(NC(=O)C(C)n3cnc4c3c(=O)n(Cc3ccon3)c(=O)n4C)n2)cnc1C(F)(F)F. The van der Waals surface area contributed by atoms with Gasteiger partial charge >= 0.3 is 11.9 Å². The van der Waals surface area contributed by atoms with Gasteiger partial charge in [-0.2, -0.15) is 13.2 Å². The van der Waals surface area contributed by atoms with Crippen LogP contribution in [0, 0.1) is 6.92 Å². The molecule has 0 aliphatic rings. The van der Waals surface area contributed by atoms with Crippen LogP contribution in [0.4, 0.5) is 19.0 Å². The van der Waals surface area contributed by atoms with Crippen molar-refractivity contribution in [3.8, 4) is 11.3 Å². The molecule has 0 aliphatic heterocycles. The summed E-state index contributed by atoms with van der Waals surface area (Å²) in [5, 5.41) is 6.33. The van der Waals surface area contributed by atoms with Gasteiger partial charge in [0.2, 0.25) is 5.91 Å². The molecule has 1 unspecified atom stereocenters. The molecule has 16 heteroatoms. The first-order chi connectivity index (χ1) is 19.0. The molecule has 1 N–H and O–H groups in total.